The average Bonchev–Trinajstić information content (AvgIpc) is 2.50. The number of halogens is 2. The molecule has 1 aromatic carbocycles. The standard InChI is InChI=1S/C17H22BrFN2O3/c1-11-5-6-12(19)13(14(11)18)15(22)20-7-9-21(10-8-20)16(23)24-17(2,3)4/h5-6H,7-10H2,1-4H3. The van der Waals surface area contributed by atoms with Crippen LogP contribution in [-0.4, -0.2) is 53.6 Å². The van der Waals surface area contributed by atoms with E-state index in [0.29, 0.717) is 30.7 Å². The Bertz CT molecular complexity index is 650. The molecule has 132 valence electrons. The summed E-state index contributed by atoms with van der Waals surface area (Å²) in [5.74, 6) is -0.918. The number of nitrogens with zero attached hydrogens (tertiary/aromatic N) is 2. The lowest BCUT2D eigenvalue weighted by molar-refractivity contribution is 0.0140. The van der Waals surface area contributed by atoms with Crippen LogP contribution < -0.4 is 0 Å². The van der Waals surface area contributed by atoms with Gasteiger partial charge in [0.2, 0.25) is 0 Å². The van der Waals surface area contributed by atoms with E-state index in [2.05, 4.69) is 15.9 Å². The molecule has 0 atom stereocenters. The van der Waals surface area contributed by atoms with Crippen LogP contribution >= 0.6 is 15.9 Å². The van der Waals surface area contributed by atoms with Gasteiger partial charge in [0.05, 0.1) is 5.56 Å². The van der Waals surface area contributed by atoms with Crippen molar-refractivity contribution in [2.75, 3.05) is 26.2 Å². The zero-order valence-electron chi connectivity index (χ0n) is 14.4. The van der Waals surface area contributed by atoms with Gasteiger partial charge >= 0.3 is 6.09 Å². The molecule has 0 saturated carbocycles. The summed E-state index contributed by atoms with van der Waals surface area (Å²) in [6.07, 6.45) is -0.391. The van der Waals surface area contributed by atoms with Crippen LogP contribution in [0.3, 0.4) is 0 Å². The third-order valence-electron chi connectivity index (χ3n) is 3.72. The minimum absolute atomic E-state index is 0.0423. The largest absolute Gasteiger partial charge is 0.444 e. The van der Waals surface area contributed by atoms with Gasteiger partial charge in [0.25, 0.3) is 5.91 Å². The fourth-order valence-corrected chi connectivity index (χ4v) is 2.92. The van der Waals surface area contributed by atoms with Crippen molar-refractivity contribution in [1.29, 1.82) is 0 Å². The molecule has 0 N–H and O–H groups in total. The molecule has 2 amide bonds. The summed E-state index contributed by atoms with van der Waals surface area (Å²) in [5.41, 5.74) is 0.285. The molecular weight excluding hydrogens is 379 g/mol. The van der Waals surface area contributed by atoms with Crippen LogP contribution in [0.15, 0.2) is 16.6 Å². The Hall–Kier alpha value is -1.63. The molecule has 1 aliphatic heterocycles. The maximum atomic E-state index is 14.1. The first-order valence-electron chi connectivity index (χ1n) is 7.82. The smallest absolute Gasteiger partial charge is 0.410 e. The first kappa shape index (κ1) is 18.7. The quantitative estimate of drug-likeness (QED) is 0.723. The van der Waals surface area contributed by atoms with Crippen LogP contribution in [0.5, 0.6) is 0 Å². The van der Waals surface area contributed by atoms with E-state index in [4.69, 9.17) is 4.74 Å². The second kappa shape index (κ2) is 7.09. The normalized spacial score (nSPS) is 15.4. The molecule has 1 aliphatic rings. The fourth-order valence-electron chi connectivity index (χ4n) is 2.43. The molecule has 1 aromatic rings. The number of benzene rings is 1. The molecule has 2 rings (SSSR count). The lowest BCUT2D eigenvalue weighted by Crippen LogP contribution is -2.51. The van der Waals surface area contributed by atoms with Gasteiger partial charge in [0.15, 0.2) is 0 Å². The van der Waals surface area contributed by atoms with Crippen molar-refractivity contribution in [1.82, 2.24) is 9.80 Å². The van der Waals surface area contributed by atoms with Crippen molar-refractivity contribution >= 4 is 27.9 Å². The third-order valence-corrected chi connectivity index (χ3v) is 4.74. The van der Waals surface area contributed by atoms with Gasteiger partial charge < -0.3 is 14.5 Å². The third kappa shape index (κ3) is 4.26. The van der Waals surface area contributed by atoms with Gasteiger partial charge in [-0.05, 0) is 55.3 Å². The molecule has 1 fully saturated rings. The van der Waals surface area contributed by atoms with Gasteiger partial charge in [-0.25, -0.2) is 9.18 Å². The van der Waals surface area contributed by atoms with Gasteiger partial charge in [-0.2, -0.15) is 0 Å². The lowest BCUT2D eigenvalue weighted by atomic mass is 10.1. The van der Waals surface area contributed by atoms with E-state index in [-0.39, 0.29) is 11.5 Å². The highest BCUT2D eigenvalue weighted by atomic mass is 79.9. The molecule has 0 bridgehead atoms. The lowest BCUT2D eigenvalue weighted by Gasteiger charge is -2.35. The van der Waals surface area contributed by atoms with Crippen LogP contribution in [0.4, 0.5) is 9.18 Å². The number of aryl methyl sites for hydroxylation is 1. The molecule has 5 nitrogen and oxygen atoms in total. The van der Waals surface area contributed by atoms with Crippen LogP contribution in [-0.2, 0) is 4.74 Å². The van der Waals surface area contributed by atoms with Gasteiger partial charge in [0.1, 0.15) is 11.4 Å². The van der Waals surface area contributed by atoms with Gasteiger partial charge in [-0.15, -0.1) is 0 Å². The molecule has 7 heteroatoms. The summed E-state index contributed by atoms with van der Waals surface area (Å²) >= 11 is 3.29. The first-order chi connectivity index (χ1) is 11.1. The van der Waals surface area contributed by atoms with E-state index < -0.39 is 17.5 Å². The van der Waals surface area contributed by atoms with Crippen molar-refractivity contribution in [3.8, 4) is 0 Å². The van der Waals surface area contributed by atoms with Crippen LogP contribution in [0, 0.1) is 12.7 Å². The fraction of sp³-hybridized carbons (Fsp3) is 0.529. The van der Waals surface area contributed by atoms with Crippen molar-refractivity contribution in [3.63, 3.8) is 0 Å². The van der Waals surface area contributed by atoms with Crippen LogP contribution in [0.25, 0.3) is 0 Å². The Morgan fingerprint density at radius 3 is 2.21 bits per heavy atom. The summed E-state index contributed by atoms with van der Waals surface area (Å²) in [7, 11) is 0. The second-order valence-electron chi connectivity index (χ2n) is 6.81. The number of piperazine rings is 1. The summed E-state index contributed by atoms with van der Waals surface area (Å²) in [5, 5.41) is 0. The molecule has 0 spiro atoms. The number of rotatable bonds is 1. The highest BCUT2D eigenvalue weighted by molar-refractivity contribution is 9.10. The second-order valence-corrected chi connectivity index (χ2v) is 7.61. The number of carbonyl (C=O) groups excluding carboxylic acids is 2. The number of carbonyl (C=O) groups is 2. The van der Waals surface area contributed by atoms with Crippen molar-refractivity contribution in [2.45, 2.75) is 33.3 Å². The van der Waals surface area contributed by atoms with Crippen molar-refractivity contribution < 1.29 is 18.7 Å². The minimum atomic E-state index is -0.556. The Labute approximate surface area is 149 Å². The summed E-state index contributed by atoms with van der Waals surface area (Å²) in [4.78, 5) is 27.8. The van der Waals surface area contributed by atoms with Crippen LogP contribution in [0.1, 0.15) is 36.7 Å². The molecule has 0 aromatic heterocycles. The van der Waals surface area contributed by atoms with Crippen molar-refractivity contribution in [3.05, 3.63) is 33.5 Å². The summed E-state index contributed by atoms with van der Waals surface area (Å²) in [6, 6.07) is 2.92. The predicted octanol–water partition coefficient (Wildman–Crippen LogP) is 3.59. The number of ether oxygens (including phenoxy) is 1. The van der Waals surface area contributed by atoms with E-state index in [9.17, 15) is 14.0 Å². The predicted molar refractivity (Wildman–Crippen MR) is 92.5 cm³/mol. The van der Waals surface area contributed by atoms with Crippen LogP contribution in [0.2, 0.25) is 0 Å². The summed E-state index contributed by atoms with van der Waals surface area (Å²) in [6.45, 7) is 8.65. The molecule has 24 heavy (non-hydrogen) atoms. The number of hydrogen-bond donors (Lipinski definition) is 0. The SMILES string of the molecule is Cc1ccc(F)c(C(=O)N2CCN(C(=O)OC(C)(C)C)CC2)c1Br. The van der Waals surface area contributed by atoms with Gasteiger partial charge in [-0.1, -0.05) is 6.07 Å². The van der Waals surface area contributed by atoms with E-state index in [1.54, 1.807) is 22.8 Å². The molecule has 0 aliphatic carbocycles. The first-order valence-corrected chi connectivity index (χ1v) is 8.61. The average molecular weight is 401 g/mol. The molecule has 0 unspecified atom stereocenters. The van der Waals surface area contributed by atoms with E-state index in [1.165, 1.54) is 6.07 Å². The molecule has 1 saturated heterocycles. The Morgan fingerprint density at radius 2 is 1.67 bits per heavy atom. The van der Waals surface area contributed by atoms with E-state index in [0.717, 1.165) is 5.56 Å². The van der Waals surface area contributed by atoms with E-state index in [1.807, 2.05) is 20.8 Å². The zero-order valence-corrected chi connectivity index (χ0v) is 15.9. The molecular formula is C17H22BrFN2O3. The highest BCUT2D eigenvalue weighted by Crippen LogP contribution is 2.26. The Kier molecular flexibility index (Phi) is 5.52. The zero-order chi connectivity index (χ0) is 18.1. The highest BCUT2D eigenvalue weighted by Gasteiger charge is 2.30. The summed E-state index contributed by atoms with van der Waals surface area (Å²) < 4.78 is 19.9. The molecule has 1 heterocycles. The molecule has 0 radical (unpaired) electrons. The van der Waals surface area contributed by atoms with Gasteiger partial charge in [-0.3, -0.25) is 4.79 Å². The number of hydrogen-bond acceptors (Lipinski definition) is 3. The number of amides is 2. The van der Waals surface area contributed by atoms with Crippen molar-refractivity contribution in [2.24, 2.45) is 0 Å². The van der Waals surface area contributed by atoms with Gasteiger partial charge in [0, 0.05) is 30.7 Å². The topological polar surface area (TPSA) is 49.9 Å². The maximum absolute atomic E-state index is 14.1. The van der Waals surface area contributed by atoms with E-state index >= 15 is 0 Å². The monoisotopic (exact) mass is 400 g/mol. The Balaban J connectivity index is 2.04. The minimum Gasteiger partial charge on any atom is -0.444 e. The Morgan fingerprint density at radius 1 is 1.12 bits per heavy atom. The maximum Gasteiger partial charge on any atom is 0.410 e.